The summed E-state index contributed by atoms with van der Waals surface area (Å²) in [5.74, 6) is 1.07. The van der Waals surface area contributed by atoms with Gasteiger partial charge in [0.25, 0.3) is 0 Å². The van der Waals surface area contributed by atoms with Crippen molar-refractivity contribution in [3.05, 3.63) is 29.6 Å². The summed E-state index contributed by atoms with van der Waals surface area (Å²) < 4.78 is 18.3. The fourth-order valence-corrected chi connectivity index (χ4v) is 2.36. The second-order valence-corrected chi connectivity index (χ2v) is 4.82. The van der Waals surface area contributed by atoms with Gasteiger partial charge in [-0.2, -0.15) is 11.8 Å². The monoisotopic (exact) mass is 257 g/mol. The van der Waals surface area contributed by atoms with Crippen LogP contribution >= 0.6 is 11.8 Å². The third-order valence-corrected chi connectivity index (χ3v) is 3.41. The average molecular weight is 257 g/mol. The quantitative estimate of drug-likeness (QED) is 0.811. The van der Waals surface area contributed by atoms with Crippen LogP contribution in [0.4, 0.5) is 4.39 Å². The highest BCUT2D eigenvalue weighted by atomic mass is 32.2. The van der Waals surface area contributed by atoms with E-state index in [1.807, 2.05) is 17.8 Å². The molecule has 0 radical (unpaired) electrons. The minimum Gasteiger partial charge on any atom is -0.494 e. The first-order chi connectivity index (χ1) is 8.21. The molecule has 0 heterocycles. The minimum atomic E-state index is -0.301. The summed E-state index contributed by atoms with van der Waals surface area (Å²) in [6.45, 7) is 2.85. The topological polar surface area (TPSA) is 21.3 Å². The van der Waals surface area contributed by atoms with Crippen molar-refractivity contribution in [3.63, 3.8) is 0 Å². The number of hydrogen-bond acceptors (Lipinski definition) is 3. The predicted octanol–water partition coefficient (Wildman–Crippen LogP) is 3.07. The molecule has 0 aliphatic carbocycles. The number of benzene rings is 1. The zero-order valence-corrected chi connectivity index (χ0v) is 11.4. The van der Waals surface area contributed by atoms with Crippen molar-refractivity contribution in [2.24, 2.45) is 0 Å². The molecule has 1 aromatic rings. The summed E-state index contributed by atoms with van der Waals surface area (Å²) in [6.07, 6.45) is 3.18. The fourth-order valence-electron chi connectivity index (χ4n) is 1.60. The van der Waals surface area contributed by atoms with Gasteiger partial charge in [-0.25, -0.2) is 4.39 Å². The van der Waals surface area contributed by atoms with Crippen LogP contribution in [-0.4, -0.2) is 25.2 Å². The van der Waals surface area contributed by atoms with Crippen molar-refractivity contribution in [1.82, 2.24) is 5.32 Å². The third-order valence-electron chi connectivity index (χ3n) is 2.67. The Morgan fingerprint density at radius 1 is 1.47 bits per heavy atom. The minimum absolute atomic E-state index is 0.296. The molecule has 0 aliphatic heterocycles. The molecule has 0 saturated heterocycles. The molecule has 1 unspecified atom stereocenters. The van der Waals surface area contributed by atoms with Gasteiger partial charge in [0.05, 0.1) is 7.11 Å². The summed E-state index contributed by atoms with van der Waals surface area (Å²) in [6, 6.07) is 5.57. The van der Waals surface area contributed by atoms with Gasteiger partial charge in [-0.05, 0) is 30.4 Å². The Bertz CT molecular complexity index is 346. The highest BCUT2D eigenvalue weighted by Crippen LogP contribution is 2.17. The molecular weight excluding hydrogens is 237 g/mol. The lowest BCUT2D eigenvalue weighted by Crippen LogP contribution is -2.30. The first kappa shape index (κ1) is 14.3. The first-order valence-corrected chi connectivity index (χ1v) is 7.15. The lowest BCUT2D eigenvalue weighted by Gasteiger charge is -2.15. The second kappa shape index (κ2) is 7.56. The van der Waals surface area contributed by atoms with E-state index in [-0.39, 0.29) is 5.82 Å². The molecule has 1 N–H and O–H groups in total. The van der Waals surface area contributed by atoms with Crippen molar-refractivity contribution >= 4 is 11.8 Å². The lowest BCUT2D eigenvalue weighted by molar-refractivity contribution is 0.386. The van der Waals surface area contributed by atoms with Crippen molar-refractivity contribution in [2.75, 3.05) is 19.1 Å². The van der Waals surface area contributed by atoms with Crippen molar-refractivity contribution < 1.29 is 9.13 Å². The summed E-state index contributed by atoms with van der Waals surface area (Å²) in [4.78, 5) is 0. The molecule has 0 saturated carbocycles. The number of thioether (sulfide) groups is 1. The van der Waals surface area contributed by atoms with Gasteiger partial charge in [0.15, 0.2) is 11.6 Å². The van der Waals surface area contributed by atoms with Gasteiger partial charge in [-0.3, -0.25) is 0 Å². The molecule has 96 valence electrons. The van der Waals surface area contributed by atoms with Crippen molar-refractivity contribution in [1.29, 1.82) is 0 Å². The standard InChI is InChI=1S/C13H20FNOS/c1-4-11(9-17-3)15-8-10-5-6-13(16-2)12(14)7-10/h5-7,11,15H,4,8-9H2,1-3H3. The zero-order valence-electron chi connectivity index (χ0n) is 10.6. The van der Waals surface area contributed by atoms with Crippen molar-refractivity contribution in [3.8, 4) is 5.75 Å². The first-order valence-electron chi connectivity index (χ1n) is 5.76. The molecule has 0 spiro atoms. The predicted molar refractivity (Wildman–Crippen MR) is 72.3 cm³/mol. The van der Waals surface area contributed by atoms with E-state index in [4.69, 9.17) is 4.74 Å². The lowest BCUT2D eigenvalue weighted by atomic mass is 10.2. The van der Waals surface area contributed by atoms with Gasteiger partial charge in [-0.15, -0.1) is 0 Å². The molecule has 1 aromatic carbocycles. The van der Waals surface area contributed by atoms with Crippen LogP contribution in [0.5, 0.6) is 5.75 Å². The van der Waals surface area contributed by atoms with Crippen LogP contribution in [0.2, 0.25) is 0 Å². The van der Waals surface area contributed by atoms with Gasteiger partial charge >= 0.3 is 0 Å². The van der Waals surface area contributed by atoms with E-state index in [1.54, 1.807) is 6.07 Å². The van der Waals surface area contributed by atoms with Crippen LogP contribution in [0.25, 0.3) is 0 Å². The van der Waals surface area contributed by atoms with E-state index in [0.717, 1.165) is 17.7 Å². The van der Waals surface area contributed by atoms with Crippen LogP contribution < -0.4 is 10.1 Å². The third kappa shape index (κ3) is 4.56. The molecule has 4 heteroatoms. The van der Waals surface area contributed by atoms with E-state index < -0.39 is 0 Å². The average Bonchev–Trinajstić information content (AvgIpc) is 2.34. The molecule has 0 fully saturated rings. The van der Waals surface area contributed by atoms with Gasteiger partial charge in [0.1, 0.15) is 0 Å². The van der Waals surface area contributed by atoms with Crippen LogP contribution in [0.15, 0.2) is 18.2 Å². The Kier molecular flexibility index (Phi) is 6.37. The number of halogens is 1. The second-order valence-electron chi connectivity index (χ2n) is 3.91. The molecular formula is C13H20FNOS. The Morgan fingerprint density at radius 3 is 2.76 bits per heavy atom. The van der Waals surface area contributed by atoms with E-state index in [1.165, 1.54) is 13.2 Å². The highest BCUT2D eigenvalue weighted by Gasteiger charge is 2.06. The maximum absolute atomic E-state index is 13.4. The number of ether oxygens (including phenoxy) is 1. The largest absolute Gasteiger partial charge is 0.494 e. The summed E-state index contributed by atoms with van der Waals surface area (Å²) in [5.41, 5.74) is 0.947. The Hall–Kier alpha value is -0.740. The number of rotatable bonds is 7. The molecule has 0 aliphatic rings. The Balaban J connectivity index is 2.54. The normalized spacial score (nSPS) is 12.5. The maximum atomic E-state index is 13.4. The van der Waals surface area contributed by atoms with Crippen molar-refractivity contribution in [2.45, 2.75) is 25.9 Å². The number of nitrogens with one attached hydrogen (secondary N) is 1. The summed E-state index contributed by atoms with van der Waals surface area (Å²) >= 11 is 1.82. The van der Waals surface area contributed by atoms with Gasteiger partial charge in [0, 0.05) is 18.3 Å². The number of methoxy groups -OCH3 is 1. The zero-order chi connectivity index (χ0) is 12.7. The van der Waals surface area contributed by atoms with Crippen LogP contribution in [0.1, 0.15) is 18.9 Å². The van der Waals surface area contributed by atoms with Crippen LogP contribution in [0.3, 0.4) is 0 Å². The molecule has 1 rings (SSSR count). The van der Waals surface area contributed by atoms with Gasteiger partial charge in [-0.1, -0.05) is 13.0 Å². The Morgan fingerprint density at radius 2 is 2.24 bits per heavy atom. The molecule has 0 amide bonds. The van der Waals surface area contributed by atoms with E-state index in [0.29, 0.717) is 18.3 Å². The Labute approximate surface area is 107 Å². The van der Waals surface area contributed by atoms with Gasteiger partial charge in [0.2, 0.25) is 0 Å². The van der Waals surface area contributed by atoms with E-state index >= 15 is 0 Å². The maximum Gasteiger partial charge on any atom is 0.165 e. The van der Waals surface area contributed by atoms with E-state index in [2.05, 4.69) is 18.5 Å². The molecule has 1 atom stereocenters. The van der Waals surface area contributed by atoms with Crippen LogP contribution in [-0.2, 0) is 6.54 Å². The summed E-state index contributed by atoms with van der Waals surface area (Å²) in [5, 5.41) is 3.42. The number of hydrogen-bond donors (Lipinski definition) is 1. The summed E-state index contributed by atoms with van der Waals surface area (Å²) in [7, 11) is 1.47. The molecule has 2 nitrogen and oxygen atoms in total. The van der Waals surface area contributed by atoms with Gasteiger partial charge < -0.3 is 10.1 Å². The fraction of sp³-hybridized carbons (Fsp3) is 0.538. The molecule has 0 aromatic heterocycles. The molecule has 17 heavy (non-hydrogen) atoms. The van der Waals surface area contributed by atoms with Crippen LogP contribution in [0, 0.1) is 5.82 Å². The molecule has 0 bridgehead atoms. The SMILES string of the molecule is CCC(CSC)NCc1ccc(OC)c(F)c1. The van der Waals surface area contributed by atoms with E-state index in [9.17, 15) is 4.39 Å². The highest BCUT2D eigenvalue weighted by molar-refractivity contribution is 7.98. The smallest absolute Gasteiger partial charge is 0.165 e.